The average Bonchev–Trinajstić information content (AvgIpc) is 3.11. The first-order valence-electron chi connectivity index (χ1n) is 8.69. The third kappa shape index (κ3) is 3.64. The molecule has 0 saturated heterocycles. The van der Waals surface area contributed by atoms with Crippen LogP contribution in [0.1, 0.15) is 35.8 Å². The predicted octanol–water partition coefficient (Wildman–Crippen LogP) is 4.10. The van der Waals surface area contributed by atoms with Gasteiger partial charge in [-0.2, -0.15) is 0 Å². The van der Waals surface area contributed by atoms with Crippen molar-refractivity contribution in [1.29, 1.82) is 0 Å². The number of benzene rings is 1. The molecule has 1 heterocycles. The van der Waals surface area contributed by atoms with Crippen molar-refractivity contribution in [2.24, 2.45) is 0 Å². The fourth-order valence-corrected chi connectivity index (χ4v) is 4.32. The number of hydrogen-bond donors (Lipinski definition) is 0. The summed E-state index contributed by atoms with van der Waals surface area (Å²) >= 11 is 1.66. The Bertz CT molecular complexity index is 681. The first kappa shape index (κ1) is 17.0. The van der Waals surface area contributed by atoms with Crippen LogP contribution in [0.15, 0.2) is 35.7 Å². The lowest BCUT2D eigenvalue weighted by Gasteiger charge is -2.35. The Hall–Kier alpha value is -1.81. The monoisotopic (exact) mass is 343 g/mol. The minimum absolute atomic E-state index is 0.260. The van der Waals surface area contributed by atoms with Crippen LogP contribution < -0.4 is 4.74 Å². The van der Waals surface area contributed by atoms with E-state index in [1.807, 2.05) is 23.6 Å². The zero-order valence-corrected chi connectivity index (χ0v) is 15.3. The van der Waals surface area contributed by atoms with E-state index in [0.717, 1.165) is 42.9 Å². The maximum atomic E-state index is 12.8. The van der Waals surface area contributed by atoms with Gasteiger partial charge in [-0.3, -0.25) is 4.79 Å². The van der Waals surface area contributed by atoms with Gasteiger partial charge in [0.15, 0.2) is 0 Å². The number of carbonyl (C=O) groups is 1. The molecule has 0 N–H and O–H groups in total. The second-order valence-corrected chi connectivity index (χ2v) is 7.37. The smallest absolute Gasteiger partial charge is 0.228 e. The van der Waals surface area contributed by atoms with E-state index in [0.29, 0.717) is 12.5 Å². The maximum absolute atomic E-state index is 12.8. The Morgan fingerprint density at radius 1 is 1.33 bits per heavy atom. The number of nitrogens with zero attached hydrogens (tertiary/aromatic N) is 1. The number of methoxy groups -OCH3 is 1. The van der Waals surface area contributed by atoms with Gasteiger partial charge in [0.05, 0.1) is 13.5 Å². The summed E-state index contributed by atoms with van der Waals surface area (Å²) in [7, 11) is 1.73. The summed E-state index contributed by atoms with van der Waals surface area (Å²) in [5, 5.41) is 2.04. The first-order chi connectivity index (χ1) is 11.7. The van der Waals surface area contributed by atoms with E-state index in [1.165, 1.54) is 11.1 Å². The molecule has 1 aliphatic rings. The molecule has 4 heteroatoms. The molecule has 0 bridgehead atoms. The largest absolute Gasteiger partial charge is 0.496 e. The molecule has 3 rings (SSSR count). The van der Waals surface area contributed by atoms with Gasteiger partial charge in [-0.05, 0) is 54.3 Å². The fourth-order valence-electron chi connectivity index (χ4n) is 3.63. The minimum Gasteiger partial charge on any atom is -0.496 e. The van der Waals surface area contributed by atoms with Gasteiger partial charge in [0.25, 0.3) is 0 Å². The van der Waals surface area contributed by atoms with E-state index in [-0.39, 0.29) is 5.91 Å². The summed E-state index contributed by atoms with van der Waals surface area (Å²) in [5.74, 6) is 1.24. The van der Waals surface area contributed by atoms with Gasteiger partial charge in [-0.15, -0.1) is 11.3 Å². The van der Waals surface area contributed by atoms with E-state index in [2.05, 4.69) is 24.0 Å². The summed E-state index contributed by atoms with van der Waals surface area (Å²) in [6.07, 6.45) is 4.46. The molecule has 0 radical (unpaired) electrons. The highest BCUT2D eigenvalue weighted by Gasteiger charge is 2.28. The normalized spacial score (nSPS) is 16.5. The molecule has 0 saturated carbocycles. The van der Waals surface area contributed by atoms with E-state index in [1.54, 1.807) is 18.4 Å². The van der Waals surface area contributed by atoms with Crippen molar-refractivity contribution in [2.75, 3.05) is 13.7 Å². The molecule has 0 fully saturated rings. The molecule has 1 aromatic carbocycles. The standard InChI is InChI=1S/C20H25NO2S/c1-3-11-21(20(22)14-17-7-5-12-24-17)16-9-10-18-15(13-16)6-4-8-19(18)23-2/h4-8,12,16H,3,9-11,13-14H2,1-2H3. The third-order valence-electron chi connectivity index (χ3n) is 4.76. The van der Waals surface area contributed by atoms with Crippen molar-refractivity contribution in [3.05, 3.63) is 51.7 Å². The van der Waals surface area contributed by atoms with Crippen LogP contribution in [-0.4, -0.2) is 30.5 Å². The minimum atomic E-state index is 0.260. The Kier molecular flexibility index (Phi) is 5.56. The molecule has 1 aliphatic carbocycles. The van der Waals surface area contributed by atoms with Crippen LogP contribution in [0, 0.1) is 0 Å². The van der Waals surface area contributed by atoms with Gasteiger partial charge in [-0.1, -0.05) is 25.1 Å². The number of hydrogen-bond acceptors (Lipinski definition) is 3. The van der Waals surface area contributed by atoms with Crippen LogP contribution in [0.3, 0.4) is 0 Å². The lowest BCUT2D eigenvalue weighted by atomic mass is 9.86. The Morgan fingerprint density at radius 3 is 2.92 bits per heavy atom. The second kappa shape index (κ2) is 7.84. The zero-order valence-electron chi connectivity index (χ0n) is 14.5. The quantitative estimate of drug-likeness (QED) is 0.790. The van der Waals surface area contributed by atoms with Gasteiger partial charge in [0.2, 0.25) is 5.91 Å². The van der Waals surface area contributed by atoms with Gasteiger partial charge in [0, 0.05) is 17.5 Å². The average molecular weight is 343 g/mol. The number of rotatable bonds is 6. The van der Waals surface area contributed by atoms with Gasteiger partial charge in [0.1, 0.15) is 5.75 Å². The molecule has 3 nitrogen and oxygen atoms in total. The number of ether oxygens (including phenoxy) is 1. The molecule has 2 aromatic rings. The molecule has 0 aliphatic heterocycles. The van der Waals surface area contributed by atoms with Crippen LogP contribution in [-0.2, 0) is 24.1 Å². The van der Waals surface area contributed by atoms with Crippen molar-refractivity contribution in [3.63, 3.8) is 0 Å². The molecular formula is C20H25NO2S. The zero-order chi connectivity index (χ0) is 16.9. The Balaban J connectivity index is 1.76. The first-order valence-corrected chi connectivity index (χ1v) is 9.57. The van der Waals surface area contributed by atoms with Crippen molar-refractivity contribution in [1.82, 2.24) is 4.90 Å². The SMILES string of the molecule is CCCN(C(=O)Cc1cccs1)C1CCc2c(cccc2OC)C1. The predicted molar refractivity (Wildman–Crippen MR) is 98.8 cm³/mol. The summed E-state index contributed by atoms with van der Waals surface area (Å²) in [4.78, 5) is 16.1. The van der Waals surface area contributed by atoms with Gasteiger partial charge < -0.3 is 9.64 Å². The molecule has 1 amide bonds. The van der Waals surface area contributed by atoms with Crippen molar-refractivity contribution in [3.8, 4) is 5.75 Å². The molecule has 128 valence electrons. The lowest BCUT2D eigenvalue weighted by Crippen LogP contribution is -2.44. The molecule has 1 aromatic heterocycles. The van der Waals surface area contributed by atoms with E-state index >= 15 is 0 Å². The number of fused-ring (bicyclic) bond motifs is 1. The van der Waals surface area contributed by atoms with Crippen LogP contribution in [0.25, 0.3) is 0 Å². The summed E-state index contributed by atoms with van der Waals surface area (Å²) in [5.41, 5.74) is 2.65. The van der Waals surface area contributed by atoms with E-state index in [9.17, 15) is 4.79 Å². The Labute approximate surface area is 148 Å². The Morgan fingerprint density at radius 2 is 2.21 bits per heavy atom. The molecule has 0 spiro atoms. The third-order valence-corrected chi connectivity index (χ3v) is 5.64. The fraction of sp³-hybridized carbons (Fsp3) is 0.450. The number of carbonyl (C=O) groups excluding carboxylic acids is 1. The number of thiophene rings is 1. The van der Waals surface area contributed by atoms with Crippen molar-refractivity contribution < 1.29 is 9.53 Å². The molecule has 1 unspecified atom stereocenters. The van der Waals surface area contributed by atoms with Crippen LogP contribution >= 0.6 is 11.3 Å². The second-order valence-electron chi connectivity index (χ2n) is 6.34. The number of amides is 1. The van der Waals surface area contributed by atoms with E-state index < -0.39 is 0 Å². The van der Waals surface area contributed by atoms with E-state index in [4.69, 9.17) is 4.74 Å². The van der Waals surface area contributed by atoms with Crippen LogP contribution in [0.4, 0.5) is 0 Å². The summed E-state index contributed by atoms with van der Waals surface area (Å²) < 4.78 is 5.49. The van der Waals surface area contributed by atoms with Crippen LogP contribution in [0.2, 0.25) is 0 Å². The van der Waals surface area contributed by atoms with Crippen molar-refractivity contribution >= 4 is 17.2 Å². The summed E-state index contributed by atoms with van der Waals surface area (Å²) in [6, 6.07) is 10.6. The summed E-state index contributed by atoms with van der Waals surface area (Å²) in [6.45, 7) is 2.99. The highest BCUT2D eigenvalue weighted by Crippen LogP contribution is 2.31. The lowest BCUT2D eigenvalue weighted by molar-refractivity contribution is -0.133. The highest BCUT2D eigenvalue weighted by atomic mass is 32.1. The maximum Gasteiger partial charge on any atom is 0.228 e. The van der Waals surface area contributed by atoms with Gasteiger partial charge in [-0.25, -0.2) is 0 Å². The molecular weight excluding hydrogens is 318 g/mol. The molecule has 24 heavy (non-hydrogen) atoms. The van der Waals surface area contributed by atoms with Crippen molar-refractivity contribution in [2.45, 2.75) is 45.1 Å². The molecule has 1 atom stereocenters. The highest BCUT2D eigenvalue weighted by molar-refractivity contribution is 7.10. The van der Waals surface area contributed by atoms with Crippen LogP contribution in [0.5, 0.6) is 5.75 Å². The van der Waals surface area contributed by atoms with Gasteiger partial charge >= 0.3 is 0 Å². The topological polar surface area (TPSA) is 29.5 Å².